The van der Waals surface area contributed by atoms with Crippen molar-refractivity contribution in [3.63, 3.8) is 0 Å². The van der Waals surface area contributed by atoms with Crippen LogP contribution in [-0.2, 0) is 0 Å². The summed E-state index contributed by atoms with van der Waals surface area (Å²) in [5, 5.41) is 0. The Balaban J connectivity index is 2.85. The molecule has 9 heavy (non-hydrogen) atoms. The molecule has 1 aromatic carbocycles. The van der Waals surface area contributed by atoms with E-state index in [1.165, 1.54) is 5.54 Å². The maximum Gasteiger partial charge on any atom is 0.00484 e. The summed E-state index contributed by atoms with van der Waals surface area (Å²) >= 11 is 5.36. The second-order valence-electron chi connectivity index (χ2n) is 1.70. The molecule has 0 aromatic heterocycles. The third kappa shape index (κ3) is 1.90. The molecule has 0 heterocycles. The molecule has 0 bridgehead atoms. The highest BCUT2D eigenvalue weighted by Crippen LogP contribution is 2.00. The van der Waals surface area contributed by atoms with E-state index in [-0.39, 0.29) is 0 Å². The van der Waals surface area contributed by atoms with E-state index in [0.717, 1.165) is 5.56 Å². The van der Waals surface area contributed by atoms with Gasteiger partial charge >= 0.3 is 0 Å². The van der Waals surface area contributed by atoms with Crippen molar-refractivity contribution < 1.29 is 0 Å². The largest absolute Gasteiger partial charge is 0.0929 e. The smallest absolute Gasteiger partial charge is 0.00484 e. The highest BCUT2D eigenvalue weighted by Gasteiger charge is 1.78. The molecule has 0 aliphatic heterocycles. The van der Waals surface area contributed by atoms with Crippen LogP contribution in [0.25, 0.3) is 6.08 Å². The summed E-state index contributed by atoms with van der Waals surface area (Å²) in [6, 6.07) is 9.93. The fraction of sp³-hybridized carbons (Fsp3) is 0. The van der Waals surface area contributed by atoms with Crippen molar-refractivity contribution in [3.8, 4) is 0 Å². The van der Waals surface area contributed by atoms with Gasteiger partial charge in [0.25, 0.3) is 0 Å². The van der Waals surface area contributed by atoms with E-state index in [0.29, 0.717) is 0 Å². The lowest BCUT2D eigenvalue weighted by Gasteiger charge is -1.86. The van der Waals surface area contributed by atoms with E-state index in [9.17, 15) is 0 Å². The first-order valence-corrected chi connectivity index (χ1v) is 3.19. The zero-order valence-electron chi connectivity index (χ0n) is 4.92. The van der Waals surface area contributed by atoms with Crippen LogP contribution in [-0.4, -0.2) is 0 Å². The molecular formula is C8H7Cl. The minimum Gasteiger partial charge on any atom is -0.0929 e. The summed E-state index contributed by atoms with van der Waals surface area (Å²) < 4.78 is 0. The quantitative estimate of drug-likeness (QED) is 0.560. The van der Waals surface area contributed by atoms with Crippen LogP contribution in [0, 0.1) is 0 Å². The number of hydrogen-bond acceptors (Lipinski definition) is 0. The molecule has 0 radical (unpaired) electrons. The van der Waals surface area contributed by atoms with Gasteiger partial charge in [0.15, 0.2) is 0 Å². The van der Waals surface area contributed by atoms with E-state index in [1.807, 2.05) is 36.4 Å². The van der Waals surface area contributed by atoms with Gasteiger partial charge in [-0.1, -0.05) is 41.9 Å². The molecule has 0 saturated heterocycles. The predicted molar refractivity (Wildman–Crippen MR) is 41.3 cm³/mol. The van der Waals surface area contributed by atoms with Crippen molar-refractivity contribution in [2.24, 2.45) is 0 Å². The lowest BCUT2D eigenvalue weighted by molar-refractivity contribution is 1.66. The Morgan fingerprint density at radius 1 is 1.11 bits per heavy atom. The SMILES string of the molecule is ClC=Cc1ccccc1. The Bertz CT molecular complexity index is 189. The first-order chi connectivity index (χ1) is 4.43. The van der Waals surface area contributed by atoms with Gasteiger partial charge in [0.2, 0.25) is 0 Å². The van der Waals surface area contributed by atoms with Crippen LogP contribution in [0.4, 0.5) is 0 Å². The van der Waals surface area contributed by atoms with Crippen LogP contribution in [0.1, 0.15) is 5.56 Å². The Labute approximate surface area is 59.8 Å². The minimum absolute atomic E-state index is 1.13. The van der Waals surface area contributed by atoms with Gasteiger partial charge in [-0.3, -0.25) is 0 Å². The van der Waals surface area contributed by atoms with Gasteiger partial charge in [-0.25, -0.2) is 0 Å². The third-order valence-electron chi connectivity index (χ3n) is 1.06. The van der Waals surface area contributed by atoms with Crippen LogP contribution in [0.15, 0.2) is 35.9 Å². The number of rotatable bonds is 1. The fourth-order valence-corrected chi connectivity index (χ4v) is 0.782. The number of benzene rings is 1. The molecule has 0 N–H and O–H groups in total. The minimum atomic E-state index is 1.13. The van der Waals surface area contributed by atoms with Crippen LogP contribution >= 0.6 is 11.6 Å². The topological polar surface area (TPSA) is 0 Å². The molecule has 46 valence electrons. The van der Waals surface area contributed by atoms with Crippen LogP contribution in [0.3, 0.4) is 0 Å². The van der Waals surface area contributed by atoms with Gasteiger partial charge < -0.3 is 0 Å². The summed E-state index contributed by atoms with van der Waals surface area (Å²) in [5.74, 6) is 0. The average Bonchev–Trinajstić information content (AvgIpc) is 1.91. The molecule has 1 heteroatoms. The van der Waals surface area contributed by atoms with Gasteiger partial charge in [-0.2, -0.15) is 0 Å². The van der Waals surface area contributed by atoms with Gasteiger partial charge in [-0.15, -0.1) is 0 Å². The van der Waals surface area contributed by atoms with Gasteiger partial charge in [0, 0.05) is 5.54 Å². The maximum absolute atomic E-state index is 5.36. The summed E-state index contributed by atoms with van der Waals surface area (Å²) in [4.78, 5) is 0. The molecule has 0 saturated carbocycles. The molecule has 0 amide bonds. The molecule has 0 spiro atoms. The zero-order chi connectivity index (χ0) is 6.53. The third-order valence-corrected chi connectivity index (χ3v) is 1.18. The van der Waals surface area contributed by atoms with Crippen LogP contribution in [0.5, 0.6) is 0 Å². The van der Waals surface area contributed by atoms with E-state index >= 15 is 0 Å². The molecule has 1 aromatic rings. The predicted octanol–water partition coefficient (Wildman–Crippen LogP) is 2.90. The average molecular weight is 139 g/mol. The van der Waals surface area contributed by atoms with Crippen molar-refractivity contribution in [2.45, 2.75) is 0 Å². The molecule has 0 unspecified atom stereocenters. The summed E-state index contributed by atoms with van der Waals surface area (Å²) in [6.45, 7) is 0. The van der Waals surface area contributed by atoms with Crippen molar-refractivity contribution in [3.05, 3.63) is 41.4 Å². The lowest BCUT2D eigenvalue weighted by Crippen LogP contribution is -1.64. The normalized spacial score (nSPS) is 10.3. The molecule has 0 fully saturated rings. The van der Waals surface area contributed by atoms with E-state index in [4.69, 9.17) is 11.6 Å². The zero-order valence-corrected chi connectivity index (χ0v) is 5.68. The molecule has 0 aliphatic rings. The maximum atomic E-state index is 5.36. The first-order valence-electron chi connectivity index (χ1n) is 2.75. The number of halogens is 1. The van der Waals surface area contributed by atoms with E-state index < -0.39 is 0 Å². The first kappa shape index (κ1) is 6.37. The van der Waals surface area contributed by atoms with Gasteiger partial charge in [-0.05, 0) is 11.6 Å². The van der Waals surface area contributed by atoms with Crippen LogP contribution in [0.2, 0.25) is 0 Å². The summed E-state index contributed by atoms with van der Waals surface area (Å²) in [5.41, 5.74) is 2.64. The highest BCUT2D eigenvalue weighted by molar-refractivity contribution is 6.27. The molecule has 0 aliphatic carbocycles. The van der Waals surface area contributed by atoms with E-state index in [2.05, 4.69) is 0 Å². The Kier molecular flexibility index (Phi) is 2.34. The van der Waals surface area contributed by atoms with Crippen LogP contribution < -0.4 is 0 Å². The molecule has 0 nitrogen and oxygen atoms in total. The van der Waals surface area contributed by atoms with Crippen molar-refractivity contribution in [2.75, 3.05) is 0 Å². The van der Waals surface area contributed by atoms with Crippen molar-refractivity contribution in [1.29, 1.82) is 0 Å². The van der Waals surface area contributed by atoms with Gasteiger partial charge in [0.1, 0.15) is 0 Å². The lowest BCUT2D eigenvalue weighted by atomic mass is 10.2. The fourth-order valence-electron chi connectivity index (χ4n) is 0.637. The molecule has 0 atom stereocenters. The summed E-state index contributed by atoms with van der Waals surface area (Å²) in [6.07, 6.45) is 1.85. The highest BCUT2D eigenvalue weighted by atomic mass is 35.5. The summed E-state index contributed by atoms with van der Waals surface area (Å²) in [7, 11) is 0. The van der Waals surface area contributed by atoms with Crippen molar-refractivity contribution >= 4 is 17.7 Å². The number of hydrogen-bond donors (Lipinski definition) is 0. The second kappa shape index (κ2) is 3.31. The Morgan fingerprint density at radius 3 is 2.33 bits per heavy atom. The standard InChI is InChI=1S/C8H7Cl/c9-7-6-8-4-2-1-3-5-8/h1-7H. The molecule has 1 rings (SSSR count). The molecular weight excluding hydrogens is 132 g/mol. The monoisotopic (exact) mass is 138 g/mol. The van der Waals surface area contributed by atoms with E-state index in [1.54, 1.807) is 0 Å². The Morgan fingerprint density at radius 2 is 1.78 bits per heavy atom. The Hall–Kier alpha value is -0.750. The van der Waals surface area contributed by atoms with Gasteiger partial charge in [0.05, 0.1) is 0 Å². The second-order valence-corrected chi connectivity index (χ2v) is 1.96. The van der Waals surface area contributed by atoms with Crippen molar-refractivity contribution in [1.82, 2.24) is 0 Å².